The Labute approximate surface area is 147 Å². The number of benzene rings is 2. The van der Waals surface area contributed by atoms with Crippen LogP contribution in [0.1, 0.15) is 42.1 Å². The molecule has 128 valence electrons. The van der Waals surface area contributed by atoms with Gasteiger partial charge in [0.25, 0.3) is 0 Å². The van der Waals surface area contributed by atoms with E-state index >= 15 is 0 Å². The number of aromatic nitrogens is 2. The monoisotopic (exact) mass is 335 g/mol. The summed E-state index contributed by atoms with van der Waals surface area (Å²) in [5.41, 5.74) is 2.12. The van der Waals surface area contributed by atoms with Gasteiger partial charge in [0.2, 0.25) is 11.8 Å². The van der Waals surface area contributed by atoms with E-state index in [1.165, 1.54) is 0 Å². The predicted octanol–water partition coefficient (Wildman–Crippen LogP) is 3.47. The molecule has 25 heavy (non-hydrogen) atoms. The normalized spacial score (nSPS) is 11.9. The zero-order valence-corrected chi connectivity index (χ0v) is 14.2. The maximum absolute atomic E-state index is 12.4. The second-order valence-electron chi connectivity index (χ2n) is 5.86. The molecule has 0 aliphatic rings. The number of hydrogen-bond acceptors (Lipinski definition) is 4. The van der Waals surface area contributed by atoms with Gasteiger partial charge in [-0.3, -0.25) is 4.79 Å². The van der Waals surface area contributed by atoms with E-state index in [9.17, 15) is 4.79 Å². The zero-order chi connectivity index (χ0) is 17.5. The smallest absolute Gasteiger partial charge is 0.231 e. The first kappa shape index (κ1) is 16.9. The van der Waals surface area contributed by atoms with Crippen LogP contribution in [0.15, 0.2) is 65.2 Å². The van der Waals surface area contributed by atoms with Crippen molar-refractivity contribution in [2.45, 2.75) is 32.2 Å². The van der Waals surface area contributed by atoms with Crippen LogP contribution >= 0.6 is 0 Å². The van der Waals surface area contributed by atoms with E-state index in [1.807, 2.05) is 67.6 Å². The van der Waals surface area contributed by atoms with Crippen molar-refractivity contribution in [2.75, 3.05) is 0 Å². The van der Waals surface area contributed by atoms with Gasteiger partial charge in [0.1, 0.15) is 0 Å². The molecular formula is C20H21N3O2. The van der Waals surface area contributed by atoms with Crippen LogP contribution in [0.5, 0.6) is 0 Å². The number of nitrogens with zero attached hydrogens (tertiary/aromatic N) is 2. The van der Waals surface area contributed by atoms with Crippen molar-refractivity contribution in [2.24, 2.45) is 0 Å². The molecule has 0 fully saturated rings. The molecule has 0 saturated heterocycles. The lowest BCUT2D eigenvalue weighted by molar-refractivity contribution is -0.122. The molecule has 1 heterocycles. The lowest BCUT2D eigenvalue weighted by Gasteiger charge is -2.14. The molecule has 0 spiro atoms. The molecule has 0 bridgehead atoms. The minimum Gasteiger partial charge on any atom is -0.348 e. The van der Waals surface area contributed by atoms with Crippen LogP contribution < -0.4 is 5.32 Å². The summed E-state index contributed by atoms with van der Waals surface area (Å²) in [6.45, 7) is 2.27. The Balaban J connectivity index is 1.57. The van der Waals surface area contributed by atoms with Gasteiger partial charge < -0.3 is 9.84 Å². The highest BCUT2D eigenvalue weighted by Crippen LogP contribution is 2.19. The number of carbonyl (C=O) groups is 1. The Bertz CT molecular complexity index is 800. The fraction of sp³-hybridized carbons (Fsp3) is 0.250. The predicted molar refractivity (Wildman–Crippen MR) is 94.9 cm³/mol. The number of rotatable bonds is 7. The quantitative estimate of drug-likeness (QED) is 0.718. The molecule has 0 unspecified atom stereocenters. The van der Waals surface area contributed by atoms with E-state index in [1.54, 1.807) is 0 Å². The number of nitrogens with one attached hydrogen (secondary N) is 1. The fourth-order valence-corrected chi connectivity index (χ4v) is 2.75. The molecule has 0 aliphatic carbocycles. The second-order valence-corrected chi connectivity index (χ2v) is 5.86. The zero-order valence-electron chi connectivity index (χ0n) is 14.2. The SMILES string of the molecule is CC[C@H](C(=O)NCc1noc(Cc2ccccc2)n1)c1ccccc1. The van der Waals surface area contributed by atoms with Crippen molar-refractivity contribution in [3.8, 4) is 0 Å². The minimum atomic E-state index is -0.170. The van der Waals surface area contributed by atoms with Gasteiger partial charge >= 0.3 is 0 Å². The van der Waals surface area contributed by atoms with E-state index < -0.39 is 0 Å². The van der Waals surface area contributed by atoms with Crippen LogP contribution in [0.2, 0.25) is 0 Å². The van der Waals surface area contributed by atoms with Crippen LogP contribution in [0, 0.1) is 0 Å². The lowest BCUT2D eigenvalue weighted by Crippen LogP contribution is -2.29. The van der Waals surface area contributed by atoms with Gasteiger partial charge in [-0.15, -0.1) is 0 Å². The molecule has 5 nitrogen and oxygen atoms in total. The summed E-state index contributed by atoms with van der Waals surface area (Å²) in [6, 6.07) is 19.7. The average molecular weight is 335 g/mol. The summed E-state index contributed by atoms with van der Waals surface area (Å²) in [7, 11) is 0. The molecule has 5 heteroatoms. The Morgan fingerprint density at radius 2 is 1.76 bits per heavy atom. The molecule has 1 atom stereocenters. The Morgan fingerprint density at radius 3 is 2.44 bits per heavy atom. The third-order valence-electron chi connectivity index (χ3n) is 4.06. The molecule has 0 aliphatic heterocycles. The van der Waals surface area contributed by atoms with E-state index in [0.29, 0.717) is 18.1 Å². The minimum absolute atomic E-state index is 0.0249. The van der Waals surface area contributed by atoms with Gasteiger partial charge in [-0.25, -0.2) is 0 Å². The van der Waals surface area contributed by atoms with Crippen molar-refractivity contribution in [3.05, 3.63) is 83.5 Å². The summed E-state index contributed by atoms with van der Waals surface area (Å²) < 4.78 is 5.26. The second kappa shape index (κ2) is 8.24. The topological polar surface area (TPSA) is 68.0 Å². The number of carbonyl (C=O) groups excluding carboxylic acids is 1. The molecule has 0 saturated carbocycles. The van der Waals surface area contributed by atoms with E-state index in [4.69, 9.17) is 4.52 Å². The molecule has 1 amide bonds. The molecule has 3 rings (SSSR count). The lowest BCUT2D eigenvalue weighted by atomic mass is 9.96. The summed E-state index contributed by atoms with van der Waals surface area (Å²) >= 11 is 0. The highest BCUT2D eigenvalue weighted by Gasteiger charge is 2.18. The maximum Gasteiger partial charge on any atom is 0.231 e. The molecule has 1 N–H and O–H groups in total. The highest BCUT2D eigenvalue weighted by molar-refractivity contribution is 5.83. The van der Waals surface area contributed by atoms with Gasteiger partial charge in [0, 0.05) is 0 Å². The first-order valence-electron chi connectivity index (χ1n) is 8.44. The van der Waals surface area contributed by atoms with Crippen LogP contribution in [0.4, 0.5) is 0 Å². The van der Waals surface area contributed by atoms with Crippen molar-refractivity contribution in [3.63, 3.8) is 0 Å². The van der Waals surface area contributed by atoms with Gasteiger partial charge in [-0.2, -0.15) is 4.98 Å². The first-order chi connectivity index (χ1) is 12.3. The van der Waals surface area contributed by atoms with Gasteiger partial charge in [0.15, 0.2) is 5.82 Å². The number of hydrogen-bond donors (Lipinski definition) is 1. The van der Waals surface area contributed by atoms with E-state index in [0.717, 1.165) is 17.5 Å². The third-order valence-corrected chi connectivity index (χ3v) is 4.06. The largest absolute Gasteiger partial charge is 0.348 e. The van der Waals surface area contributed by atoms with Crippen molar-refractivity contribution in [1.29, 1.82) is 0 Å². The van der Waals surface area contributed by atoms with Gasteiger partial charge in [-0.05, 0) is 17.5 Å². The van der Waals surface area contributed by atoms with Crippen LogP contribution in [-0.4, -0.2) is 16.0 Å². The molecule has 0 radical (unpaired) electrons. The van der Waals surface area contributed by atoms with Gasteiger partial charge in [0.05, 0.1) is 18.9 Å². The molecule has 2 aromatic carbocycles. The van der Waals surface area contributed by atoms with E-state index in [-0.39, 0.29) is 18.4 Å². The van der Waals surface area contributed by atoms with E-state index in [2.05, 4.69) is 15.5 Å². The Kier molecular flexibility index (Phi) is 5.57. The number of amides is 1. The summed E-state index contributed by atoms with van der Waals surface area (Å²) in [6.07, 6.45) is 1.32. The molecular weight excluding hydrogens is 314 g/mol. The fourth-order valence-electron chi connectivity index (χ4n) is 2.75. The van der Waals surface area contributed by atoms with Crippen molar-refractivity contribution < 1.29 is 9.32 Å². The van der Waals surface area contributed by atoms with Crippen LogP contribution in [0.3, 0.4) is 0 Å². The third kappa shape index (κ3) is 4.53. The summed E-state index contributed by atoms with van der Waals surface area (Å²) in [5, 5.41) is 6.84. The molecule has 1 aromatic heterocycles. The first-order valence-corrected chi connectivity index (χ1v) is 8.44. The standard InChI is InChI=1S/C20H21N3O2/c1-2-17(16-11-7-4-8-12-16)20(24)21-14-18-22-19(25-23-18)13-15-9-5-3-6-10-15/h3-12,17H,2,13-14H2,1H3,(H,21,24)/t17-/m0/s1. The van der Waals surface area contributed by atoms with Crippen molar-refractivity contribution in [1.82, 2.24) is 15.5 Å². The average Bonchev–Trinajstić information content (AvgIpc) is 3.10. The van der Waals surface area contributed by atoms with Crippen LogP contribution in [0.25, 0.3) is 0 Å². The Morgan fingerprint density at radius 1 is 1.08 bits per heavy atom. The summed E-state index contributed by atoms with van der Waals surface area (Å²) in [5.74, 6) is 0.841. The maximum atomic E-state index is 12.4. The Hall–Kier alpha value is -2.95. The summed E-state index contributed by atoms with van der Waals surface area (Å²) in [4.78, 5) is 16.8. The highest BCUT2D eigenvalue weighted by atomic mass is 16.5. The van der Waals surface area contributed by atoms with Crippen LogP contribution in [-0.2, 0) is 17.8 Å². The van der Waals surface area contributed by atoms with Gasteiger partial charge in [-0.1, -0.05) is 72.7 Å². The van der Waals surface area contributed by atoms with Crippen molar-refractivity contribution >= 4 is 5.91 Å². The molecule has 3 aromatic rings.